The highest BCUT2D eigenvalue weighted by Crippen LogP contribution is 2.14. The monoisotopic (exact) mass is 270 g/mol. The van der Waals surface area contributed by atoms with E-state index in [9.17, 15) is 0 Å². The quantitative estimate of drug-likeness (QED) is 0.618. The highest BCUT2D eigenvalue weighted by atomic mass is 16.5. The first-order chi connectivity index (χ1) is 9.67. The molecule has 0 aliphatic rings. The molecule has 1 aromatic heterocycles. The van der Waals surface area contributed by atoms with E-state index in [2.05, 4.69) is 15.2 Å². The molecule has 0 aliphatic heterocycles. The van der Waals surface area contributed by atoms with Crippen LogP contribution < -0.4 is 4.74 Å². The molecule has 0 aliphatic carbocycles. The number of rotatable bonds is 5. The molecule has 0 atom stereocenters. The standard InChI is InChI=1S/C15H18N4O/c1-19(2)11-16-15-9-6-13(17-18-15)10-12-4-7-14(20-3)8-5-12/h4-9,11H,10H2,1-3H3. The van der Waals surface area contributed by atoms with E-state index in [0.717, 1.165) is 17.9 Å². The van der Waals surface area contributed by atoms with Crippen LogP contribution in [0.2, 0.25) is 0 Å². The first-order valence-electron chi connectivity index (χ1n) is 6.33. The topological polar surface area (TPSA) is 50.6 Å². The largest absolute Gasteiger partial charge is 0.497 e. The SMILES string of the molecule is COc1ccc(Cc2ccc(N=CN(C)C)nn2)cc1. The lowest BCUT2D eigenvalue weighted by molar-refractivity contribution is 0.414. The van der Waals surface area contributed by atoms with Gasteiger partial charge in [0.1, 0.15) is 5.75 Å². The van der Waals surface area contributed by atoms with Crippen molar-refractivity contribution in [3.63, 3.8) is 0 Å². The first kappa shape index (κ1) is 14.0. The van der Waals surface area contributed by atoms with Gasteiger partial charge >= 0.3 is 0 Å². The van der Waals surface area contributed by atoms with Crippen LogP contribution in [-0.2, 0) is 6.42 Å². The molecule has 0 unspecified atom stereocenters. The van der Waals surface area contributed by atoms with E-state index in [0.29, 0.717) is 5.82 Å². The van der Waals surface area contributed by atoms with Gasteiger partial charge < -0.3 is 9.64 Å². The highest BCUT2D eigenvalue weighted by molar-refractivity contribution is 5.58. The van der Waals surface area contributed by atoms with Gasteiger partial charge in [-0.25, -0.2) is 4.99 Å². The van der Waals surface area contributed by atoms with Gasteiger partial charge in [-0.15, -0.1) is 5.10 Å². The molecule has 5 heteroatoms. The first-order valence-corrected chi connectivity index (χ1v) is 6.33. The molecular weight excluding hydrogens is 252 g/mol. The van der Waals surface area contributed by atoms with Crippen molar-refractivity contribution in [1.29, 1.82) is 0 Å². The summed E-state index contributed by atoms with van der Waals surface area (Å²) in [5.41, 5.74) is 2.09. The van der Waals surface area contributed by atoms with Gasteiger partial charge in [-0.05, 0) is 29.8 Å². The van der Waals surface area contributed by atoms with Crippen LogP contribution in [0.4, 0.5) is 5.82 Å². The van der Waals surface area contributed by atoms with Gasteiger partial charge in [0.15, 0.2) is 5.82 Å². The molecule has 0 saturated carbocycles. The number of aliphatic imine (C=N–C) groups is 1. The van der Waals surface area contributed by atoms with Crippen molar-refractivity contribution in [3.8, 4) is 5.75 Å². The molecular formula is C15H18N4O. The van der Waals surface area contributed by atoms with Crippen LogP contribution in [0.15, 0.2) is 41.4 Å². The van der Waals surface area contributed by atoms with Crippen LogP contribution in [0.1, 0.15) is 11.3 Å². The van der Waals surface area contributed by atoms with E-state index < -0.39 is 0 Å². The van der Waals surface area contributed by atoms with Crippen LogP contribution in [0.5, 0.6) is 5.75 Å². The maximum absolute atomic E-state index is 5.13. The molecule has 0 fully saturated rings. The number of hydrogen-bond donors (Lipinski definition) is 0. The van der Waals surface area contributed by atoms with Gasteiger partial charge in [-0.2, -0.15) is 5.10 Å². The number of ether oxygens (including phenoxy) is 1. The zero-order chi connectivity index (χ0) is 14.4. The number of nitrogens with zero attached hydrogens (tertiary/aromatic N) is 4. The van der Waals surface area contributed by atoms with Crippen LogP contribution in [-0.4, -0.2) is 42.6 Å². The maximum atomic E-state index is 5.13. The van der Waals surface area contributed by atoms with Gasteiger partial charge in [0.2, 0.25) is 0 Å². The summed E-state index contributed by atoms with van der Waals surface area (Å²) in [5.74, 6) is 1.46. The zero-order valence-electron chi connectivity index (χ0n) is 11.9. The molecule has 0 radical (unpaired) electrons. The fraction of sp³-hybridized carbons (Fsp3) is 0.267. The summed E-state index contributed by atoms with van der Waals surface area (Å²) in [5, 5.41) is 8.26. The summed E-state index contributed by atoms with van der Waals surface area (Å²) in [6.07, 6.45) is 2.45. The molecule has 2 aromatic rings. The predicted octanol–water partition coefficient (Wildman–Crippen LogP) is 2.30. The minimum absolute atomic E-state index is 0.609. The average molecular weight is 270 g/mol. The summed E-state index contributed by atoms with van der Waals surface area (Å²) in [6.45, 7) is 0. The smallest absolute Gasteiger partial charge is 0.175 e. The molecule has 0 N–H and O–H groups in total. The number of methoxy groups -OCH3 is 1. The van der Waals surface area contributed by atoms with Crippen LogP contribution >= 0.6 is 0 Å². The van der Waals surface area contributed by atoms with Crippen molar-refractivity contribution >= 4 is 12.2 Å². The van der Waals surface area contributed by atoms with E-state index in [1.54, 1.807) is 13.4 Å². The van der Waals surface area contributed by atoms with Gasteiger partial charge in [-0.1, -0.05) is 12.1 Å². The maximum Gasteiger partial charge on any atom is 0.175 e. The van der Waals surface area contributed by atoms with Crippen LogP contribution in [0, 0.1) is 0 Å². The van der Waals surface area contributed by atoms with E-state index in [4.69, 9.17) is 4.74 Å². The number of aromatic nitrogens is 2. The molecule has 0 bridgehead atoms. The predicted molar refractivity (Wildman–Crippen MR) is 79.7 cm³/mol. The van der Waals surface area contributed by atoms with Gasteiger partial charge in [0, 0.05) is 20.5 Å². The number of benzene rings is 1. The lowest BCUT2D eigenvalue weighted by Gasteiger charge is -2.04. The average Bonchev–Trinajstić information content (AvgIpc) is 2.47. The second kappa shape index (κ2) is 6.65. The normalized spacial score (nSPS) is 10.8. The minimum atomic E-state index is 0.609. The van der Waals surface area contributed by atoms with Crippen LogP contribution in [0.25, 0.3) is 0 Å². The second-order valence-corrected chi connectivity index (χ2v) is 4.62. The van der Waals surface area contributed by atoms with E-state index in [1.165, 1.54) is 5.56 Å². The summed E-state index contributed by atoms with van der Waals surface area (Å²) in [4.78, 5) is 6.04. The van der Waals surface area contributed by atoms with Gasteiger partial charge in [0.25, 0.3) is 0 Å². The van der Waals surface area contributed by atoms with Crippen molar-refractivity contribution < 1.29 is 4.74 Å². The molecule has 2 rings (SSSR count). The van der Waals surface area contributed by atoms with Crippen molar-refractivity contribution in [1.82, 2.24) is 15.1 Å². The van der Waals surface area contributed by atoms with Crippen molar-refractivity contribution in [2.24, 2.45) is 4.99 Å². The van der Waals surface area contributed by atoms with Gasteiger partial charge in [0.05, 0.1) is 19.1 Å². The molecule has 1 heterocycles. The van der Waals surface area contributed by atoms with E-state index in [1.807, 2.05) is 55.4 Å². The second-order valence-electron chi connectivity index (χ2n) is 4.62. The molecule has 0 spiro atoms. The number of hydrogen-bond acceptors (Lipinski definition) is 4. The molecule has 0 saturated heterocycles. The lowest BCUT2D eigenvalue weighted by atomic mass is 10.1. The van der Waals surface area contributed by atoms with E-state index in [-0.39, 0.29) is 0 Å². The Bertz CT molecular complexity index is 561. The fourth-order valence-corrected chi connectivity index (χ4v) is 1.64. The minimum Gasteiger partial charge on any atom is -0.497 e. The zero-order valence-corrected chi connectivity index (χ0v) is 11.9. The molecule has 20 heavy (non-hydrogen) atoms. The Hall–Kier alpha value is -2.43. The molecule has 5 nitrogen and oxygen atoms in total. The van der Waals surface area contributed by atoms with Crippen molar-refractivity contribution in [2.45, 2.75) is 6.42 Å². The Morgan fingerprint density at radius 3 is 2.40 bits per heavy atom. The third kappa shape index (κ3) is 4.05. The Morgan fingerprint density at radius 2 is 1.85 bits per heavy atom. The third-order valence-corrected chi connectivity index (χ3v) is 2.67. The third-order valence-electron chi connectivity index (χ3n) is 2.67. The summed E-state index contributed by atoms with van der Waals surface area (Å²) < 4.78 is 5.13. The molecule has 1 aromatic carbocycles. The molecule has 0 amide bonds. The van der Waals surface area contributed by atoms with Crippen LogP contribution in [0.3, 0.4) is 0 Å². The Balaban J connectivity index is 2.02. The summed E-state index contributed by atoms with van der Waals surface area (Å²) in [6, 6.07) is 11.7. The van der Waals surface area contributed by atoms with Crippen molar-refractivity contribution in [2.75, 3.05) is 21.2 Å². The lowest BCUT2D eigenvalue weighted by Crippen LogP contribution is -2.07. The Kier molecular flexibility index (Phi) is 4.65. The van der Waals surface area contributed by atoms with E-state index >= 15 is 0 Å². The van der Waals surface area contributed by atoms with Crippen molar-refractivity contribution in [3.05, 3.63) is 47.7 Å². The Labute approximate surface area is 118 Å². The van der Waals surface area contributed by atoms with Gasteiger partial charge in [-0.3, -0.25) is 0 Å². The Morgan fingerprint density at radius 1 is 1.10 bits per heavy atom. The fourth-order valence-electron chi connectivity index (χ4n) is 1.64. The summed E-state index contributed by atoms with van der Waals surface area (Å²) >= 11 is 0. The highest BCUT2D eigenvalue weighted by Gasteiger charge is 2.00. The molecule has 104 valence electrons. The summed E-state index contributed by atoms with van der Waals surface area (Å²) in [7, 11) is 5.48.